The number of pyridine rings is 1. The van der Waals surface area contributed by atoms with E-state index in [-0.39, 0.29) is 53.0 Å². The molecule has 4 aromatic rings. The largest absolute Gasteiger partial charge is 0.457 e. The first-order chi connectivity index (χ1) is 21.4. The number of fused-ring (bicyclic) bond motifs is 1. The molecule has 2 amide bonds. The highest BCUT2D eigenvalue weighted by Gasteiger charge is 2.32. The lowest BCUT2D eigenvalue weighted by Crippen LogP contribution is -2.52. The fraction of sp³-hybridized carbons (Fsp3) is 0.333. The van der Waals surface area contributed by atoms with Crippen LogP contribution < -0.4 is 11.2 Å². The normalized spacial score (nSPS) is 15.5. The van der Waals surface area contributed by atoms with Gasteiger partial charge in [-0.1, -0.05) is 49.2 Å². The Morgan fingerprint density at radius 2 is 1.57 bits per heavy atom. The van der Waals surface area contributed by atoms with Crippen LogP contribution >= 0.6 is 0 Å². The van der Waals surface area contributed by atoms with E-state index in [1.54, 1.807) is 29.2 Å². The standard InChI is InChI=1S/C33H33N5O6/c39-29-26-11-6-14-34-28(26)38(33(43)35-29)20-23-12-13-25(32(42)44-21-22-7-2-1-3-8-22)27(19-23)31(41)37-17-15-36(16-18-37)30(40)24-9-4-5-10-24/h1-3,6-8,11-14,19,24H,4-5,9-10,15-18,20-21H2,(H,35,39,43). The topological polar surface area (TPSA) is 135 Å². The summed E-state index contributed by atoms with van der Waals surface area (Å²) in [5.41, 5.74) is 0.662. The van der Waals surface area contributed by atoms with Gasteiger partial charge < -0.3 is 14.5 Å². The van der Waals surface area contributed by atoms with Gasteiger partial charge in [0.25, 0.3) is 11.5 Å². The van der Waals surface area contributed by atoms with Crippen molar-refractivity contribution in [3.63, 3.8) is 0 Å². The number of aromatic nitrogens is 3. The minimum Gasteiger partial charge on any atom is -0.457 e. The molecule has 11 heteroatoms. The Kier molecular flexibility index (Phi) is 8.36. The van der Waals surface area contributed by atoms with Crippen LogP contribution in [0.1, 0.15) is 57.5 Å². The number of hydrogen-bond donors (Lipinski definition) is 1. The maximum Gasteiger partial charge on any atom is 0.339 e. The third kappa shape index (κ3) is 6.03. The molecule has 1 N–H and O–H groups in total. The molecule has 226 valence electrons. The molecule has 1 saturated heterocycles. The number of carbonyl (C=O) groups is 3. The number of H-pyrrole nitrogens is 1. The van der Waals surface area contributed by atoms with E-state index < -0.39 is 17.2 Å². The van der Waals surface area contributed by atoms with E-state index in [9.17, 15) is 24.0 Å². The van der Waals surface area contributed by atoms with Crippen molar-refractivity contribution in [1.82, 2.24) is 24.3 Å². The summed E-state index contributed by atoms with van der Waals surface area (Å²) in [5, 5.41) is 0.259. The lowest BCUT2D eigenvalue weighted by atomic mass is 10.0. The zero-order chi connectivity index (χ0) is 30.6. The van der Waals surface area contributed by atoms with Crippen LogP contribution in [0.3, 0.4) is 0 Å². The van der Waals surface area contributed by atoms with Crippen molar-refractivity contribution in [3.05, 3.63) is 110 Å². The first-order valence-electron chi connectivity index (χ1n) is 14.9. The van der Waals surface area contributed by atoms with Gasteiger partial charge in [0.1, 0.15) is 12.3 Å². The zero-order valence-corrected chi connectivity index (χ0v) is 24.2. The number of rotatable bonds is 7. The van der Waals surface area contributed by atoms with Crippen molar-refractivity contribution in [2.45, 2.75) is 38.8 Å². The number of amides is 2. The molecule has 44 heavy (non-hydrogen) atoms. The first-order valence-corrected chi connectivity index (χ1v) is 14.9. The molecule has 2 fully saturated rings. The number of benzene rings is 2. The molecule has 0 atom stereocenters. The number of nitrogens with zero attached hydrogens (tertiary/aromatic N) is 4. The average molecular weight is 596 g/mol. The molecule has 2 aromatic heterocycles. The third-order valence-corrected chi connectivity index (χ3v) is 8.42. The Labute approximate surface area is 253 Å². The van der Waals surface area contributed by atoms with E-state index in [1.807, 2.05) is 35.2 Å². The Balaban J connectivity index is 1.28. The van der Waals surface area contributed by atoms with E-state index in [2.05, 4.69) is 9.97 Å². The summed E-state index contributed by atoms with van der Waals surface area (Å²) in [6.07, 6.45) is 5.48. The van der Waals surface area contributed by atoms with Gasteiger partial charge in [-0.3, -0.25) is 23.9 Å². The number of ether oxygens (including phenoxy) is 1. The van der Waals surface area contributed by atoms with Crippen LogP contribution in [0.4, 0.5) is 0 Å². The first kappa shape index (κ1) is 29.0. The molecule has 11 nitrogen and oxygen atoms in total. The quantitative estimate of drug-likeness (QED) is 0.325. The monoisotopic (exact) mass is 595 g/mol. The molecule has 2 aliphatic rings. The second kappa shape index (κ2) is 12.7. The third-order valence-electron chi connectivity index (χ3n) is 8.42. The molecule has 0 unspecified atom stereocenters. The highest BCUT2D eigenvalue weighted by molar-refractivity contribution is 6.05. The minimum atomic E-state index is -0.646. The van der Waals surface area contributed by atoms with Gasteiger partial charge in [0, 0.05) is 38.3 Å². The summed E-state index contributed by atoms with van der Waals surface area (Å²) in [7, 11) is 0. The number of aromatic amines is 1. The van der Waals surface area contributed by atoms with Crippen molar-refractivity contribution >= 4 is 28.8 Å². The van der Waals surface area contributed by atoms with E-state index in [1.165, 1.54) is 16.8 Å². The van der Waals surface area contributed by atoms with E-state index in [0.29, 0.717) is 31.7 Å². The molecule has 2 aromatic carbocycles. The molecule has 1 aliphatic carbocycles. The Hall–Kier alpha value is -5.06. The highest BCUT2D eigenvalue weighted by atomic mass is 16.5. The summed E-state index contributed by atoms with van der Waals surface area (Å²) in [6, 6.07) is 17.2. The van der Waals surface area contributed by atoms with Crippen molar-refractivity contribution in [3.8, 4) is 0 Å². The molecule has 6 rings (SSSR count). The number of esters is 1. The summed E-state index contributed by atoms with van der Waals surface area (Å²) >= 11 is 0. The summed E-state index contributed by atoms with van der Waals surface area (Å²) < 4.78 is 6.90. The molecule has 3 heterocycles. The van der Waals surface area contributed by atoms with Gasteiger partial charge in [-0.2, -0.15) is 0 Å². The molecule has 0 spiro atoms. The summed E-state index contributed by atoms with van der Waals surface area (Å²) in [6.45, 7) is 1.59. The molecular weight excluding hydrogens is 562 g/mol. The van der Waals surface area contributed by atoms with Crippen molar-refractivity contribution in [2.24, 2.45) is 5.92 Å². The molecule has 1 aliphatic heterocycles. The van der Waals surface area contributed by atoms with Crippen molar-refractivity contribution in [1.29, 1.82) is 0 Å². The predicted molar refractivity (Wildman–Crippen MR) is 162 cm³/mol. The Morgan fingerprint density at radius 1 is 0.841 bits per heavy atom. The van der Waals surface area contributed by atoms with Crippen LogP contribution in [-0.2, 0) is 22.7 Å². The van der Waals surface area contributed by atoms with Crippen LogP contribution in [0.25, 0.3) is 11.0 Å². The smallest absolute Gasteiger partial charge is 0.339 e. The van der Waals surface area contributed by atoms with Gasteiger partial charge in [0.15, 0.2) is 0 Å². The maximum atomic E-state index is 13.9. The number of piperazine rings is 1. The van der Waals surface area contributed by atoms with Crippen LogP contribution in [-0.4, -0.2) is 68.3 Å². The van der Waals surface area contributed by atoms with Gasteiger partial charge in [-0.15, -0.1) is 0 Å². The fourth-order valence-corrected chi connectivity index (χ4v) is 6.02. The van der Waals surface area contributed by atoms with Gasteiger partial charge in [-0.05, 0) is 48.2 Å². The van der Waals surface area contributed by atoms with Gasteiger partial charge in [0.05, 0.1) is 23.1 Å². The molecular formula is C33H33N5O6. The highest BCUT2D eigenvalue weighted by Crippen LogP contribution is 2.27. The van der Waals surface area contributed by atoms with E-state index in [0.717, 1.165) is 31.2 Å². The van der Waals surface area contributed by atoms with Gasteiger partial charge >= 0.3 is 11.7 Å². The maximum absolute atomic E-state index is 13.9. The molecule has 0 radical (unpaired) electrons. The summed E-state index contributed by atoms with van der Waals surface area (Å²) in [4.78, 5) is 75.3. The molecule has 1 saturated carbocycles. The van der Waals surface area contributed by atoms with Gasteiger partial charge in [0.2, 0.25) is 5.91 Å². The van der Waals surface area contributed by atoms with Crippen LogP contribution in [0.2, 0.25) is 0 Å². The lowest BCUT2D eigenvalue weighted by molar-refractivity contribution is -0.136. The zero-order valence-electron chi connectivity index (χ0n) is 24.2. The van der Waals surface area contributed by atoms with E-state index >= 15 is 0 Å². The van der Waals surface area contributed by atoms with Gasteiger partial charge in [-0.25, -0.2) is 14.6 Å². The lowest BCUT2D eigenvalue weighted by Gasteiger charge is -2.36. The second-order valence-corrected chi connectivity index (χ2v) is 11.3. The predicted octanol–water partition coefficient (Wildman–Crippen LogP) is 2.96. The van der Waals surface area contributed by atoms with Crippen LogP contribution in [0.15, 0.2) is 76.4 Å². The second-order valence-electron chi connectivity index (χ2n) is 11.3. The molecule has 0 bridgehead atoms. The van der Waals surface area contributed by atoms with Crippen LogP contribution in [0.5, 0.6) is 0 Å². The number of carbonyl (C=O) groups excluding carboxylic acids is 3. The Bertz CT molecular complexity index is 1820. The van der Waals surface area contributed by atoms with Crippen molar-refractivity contribution < 1.29 is 19.1 Å². The number of nitrogens with one attached hydrogen (secondary N) is 1. The SMILES string of the molecule is O=C(OCc1ccccc1)c1ccc(Cn2c(=O)[nH]c(=O)c3cccnc32)cc1C(=O)N1CCN(C(=O)C2CCCC2)CC1. The average Bonchev–Trinajstić information content (AvgIpc) is 3.61. The van der Waals surface area contributed by atoms with Crippen molar-refractivity contribution in [2.75, 3.05) is 26.2 Å². The Morgan fingerprint density at radius 3 is 2.32 bits per heavy atom. The van der Waals surface area contributed by atoms with Crippen LogP contribution in [0, 0.1) is 5.92 Å². The fourth-order valence-electron chi connectivity index (χ4n) is 6.02. The minimum absolute atomic E-state index is 0.00637. The van der Waals surface area contributed by atoms with E-state index in [4.69, 9.17) is 4.74 Å². The summed E-state index contributed by atoms with van der Waals surface area (Å²) in [5.74, 6) is -0.772. The number of hydrogen-bond acceptors (Lipinski definition) is 7.